The van der Waals surface area contributed by atoms with E-state index < -0.39 is 0 Å². The molecule has 4 heterocycles. The molecule has 1 amide bonds. The first-order valence-electron chi connectivity index (χ1n) is 9.85. The van der Waals surface area contributed by atoms with Crippen LogP contribution in [0.1, 0.15) is 35.1 Å². The molecule has 154 valence electrons. The molecule has 1 aromatic carbocycles. The predicted octanol–water partition coefficient (Wildman–Crippen LogP) is 4.03. The molecular weight excluding hydrogens is 403 g/mol. The van der Waals surface area contributed by atoms with E-state index in [1.165, 1.54) is 12.1 Å². The van der Waals surface area contributed by atoms with Crippen molar-refractivity contribution < 1.29 is 9.18 Å². The van der Waals surface area contributed by atoms with E-state index >= 15 is 0 Å². The number of aryl methyl sites for hydroxylation is 1. The lowest BCUT2D eigenvalue weighted by Crippen LogP contribution is -2.40. The zero-order chi connectivity index (χ0) is 20.7. The fourth-order valence-corrected chi connectivity index (χ4v) is 4.90. The minimum atomic E-state index is -0.297. The summed E-state index contributed by atoms with van der Waals surface area (Å²) in [4.78, 5) is 24.9. The number of hydrogen-bond acceptors (Lipinski definition) is 5. The number of anilines is 2. The van der Waals surface area contributed by atoms with Gasteiger partial charge in [0.2, 0.25) is 5.95 Å². The number of halogens is 1. The van der Waals surface area contributed by atoms with Crippen LogP contribution in [0, 0.1) is 5.82 Å². The molecule has 1 aliphatic heterocycles. The van der Waals surface area contributed by atoms with Crippen LogP contribution in [0.2, 0.25) is 0 Å². The maximum Gasteiger partial charge on any atom is 0.289 e. The summed E-state index contributed by atoms with van der Waals surface area (Å²) in [7, 11) is 1.83. The Morgan fingerprint density at radius 2 is 2.23 bits per heavy atom. The Kier molecular flexibility index (Phi) is 4.74. The third kappa shape index (κ3) is 3.35. The average molecular weight is 425 g/mol. The summed E-state index contributed by atoms with van der Waals surface area (Å²) < 4.78 is 17.3. The van der Waals surface area contributed by atoms with Crippen molar-refractivity contribution in [3.8, 4) is 0 Å². The second-order valence-corrected chi connectivity index (χ2v) is 8.38. The van der Waals surface area contributed by atoms with Crippen LogP contribution in [-0.4, -0.2) is 42.8 Å². The van der Waals surface area contributed by atoms with Gasteiger partial charge < -0.3 is 14.8 Å². The van der Waals surface area contributed by atoms with Gasteiger partial charge in [-0.15, -0.1) is 11.3 Å². The number of hydrogen-bond donors (Lipinski definition) is 1. The van der Waals surface area contributed by atoms with Gasteiger partial charge in [0.05, 0.1) is 5.69 Å². The Bertz CT molecular complexity index is 1210. The van der Waals surface area contributed by atoms with E-state index in [0.717, 1.165) is 29.9 Å². The molecule has 1 atom stereocenters. The number of fused-ring (bicyclic) bond motifs is 1. The fraction of sp³-hybridized carbons (Fsp3) is 0.286. The number of rotatable bonds is 4. The number of likely N-dealkylation sites (tertiary alicyclic amines) is 1. The molecule has 0 aliphatic carbocycles. The van der Waals surface area contributed by atoms with Crippen LogP contribution in [0.5, 0.6) is 0 Å². The Morgan fingerprint density at radius 1 is 1.33 bits per heavy atom. The first kappa shape index (κ1) is 18.8. The molecule has 0 bridgehead atoms. The van der Waals surface area contributed by atoms with E-state index in [2.05, 4.69) is 10.3 Å². The molecule has 4 aromatic rings. The van der Waals surface area contributed by atoms with Gasteiger partial charge in [-0.2, -0.15) is 0 Å². The van der Waals surface area contributed by atoms with Crippen LogP contribution in [-0.2, 0) is 7.05 Å². The van der Waals surface area contributed by atoms with Gasteiger partial charge in [-0.3, -0.25) is 9.20 Å². The Labute approximate surface area is 176 Å². The van der Waals surface area contributed by atoms with Gasteiger partial charge in [0, 0.05) is 55.7 Å². The number of nitrogens with one attached hydrogen (secondary N) is 1. The smallest absolute Gasteiger partial charge is 0.289 e. The van der Waals surface area contributed by atoms with Crippen LogP contribution >= 0.6 is 11.3 Å². The van der Waals surface area contributed by atoms with Crippen molar-refractivity contribution in [2.75, 3.05) is 18.4 Å². The monoisotopic (exact) mass is 424 g/mol. The van der Waals surface area contributed by atoms with Gasteiger partial charge in [-0.1, -0.05) is 6.07 Å². The van der Waals surface area contributed by atoms with Gasteiger partial charge in [-0.05, 0) is 31.0 Å². The van der Waals surface area contributed by atoms with Crippen molar-refractivity contribution in [3.63, 3.8) is 0 Å². The molecule has 30 heavy (non-hydrogen) atoms. The quantitative estimate of drug-likeness (QED) is 0.537. The van der Waals surface area contributed by atoms with Gasteiger partial charge in [0.1, 0.15) is 10.6 Å². The Morgan fingerprint density at radius 3 is 3.03 bits per heavy atom. The van der Waals surface area contributed by atoms with Gasteiger partial charge >= 0.3 is 0 Å². The highest BCUT2D eigenvalue weighted by Crippen LogP contribution is 2.34. The maximum absolute atomic E-state index is 13.6. The second kappa shape index (κ2) is 7.56. The normalized spacial score (nSPS) is 16.9. The number of benzene rings is 1. The Balaban J connectivity index is 1.42. The summed E-state index contributed by atoms with van der Waals surface area (Å²) >= 11 is 1.62. The topological polar surface area (TPSA) is 67.5 Å². The highest BCUT2D eigenvalue weighted by atomic mass is 32.1. The molecule has 3 aromatic heterocycles. The van der Waals surface area contributed by atoms with Crippen molar-refractivity contribution in [2.45, 2.75) is 18.8 Å². The molecule has 1 unspecified atom stereocenters. The molecule has 0 spiro atoms. The van der Waals surface area contributed by atoms with E-state index in [9.17, 15) is 9.18 Å². The number of carbonyl (C=O) groups excluding carboxylic acids is 1. The molecule has 9 heteroatoms. The zero-order valence-corrected chi connectivity index (χ0v) is 17.3. The van der Waals surface area contributed by atoms with Gasteiger partial charge in [0.25, 0.3) is 5.91 Å². The molecule has 1 aliphatic rings. The first-order valence-corrected chi connectivity index (χ1v) is 10.7. The number of amides is 1. The lowest BCUT2D eigenvalue weighted by atomic mass is 9.95. The summed E-state index contributed by atoms with van der Waals surface area (Å²) in [6, 6.07) is 6.34. The summed E-state index contributed by atoms with van der Waals surface area (Å²) in [6.45, 7) is 1.33. The Hall–Kier alpha value is -3.20. The molecular formula is C21H21FN6OS. The SMILES string of the molecule is Cn1ccnc1C(=O)N1CCCC(c2nc(Nc3cccc(F)c3)n3ccsc23)C1. The van der Waals surface area contributed by atoms with E-state index in [1.54, 1.807) is 34.4 Å². The summed E-state index contributed by atoms with van der Waals surface area (Å²) in [5, 5.41) is 5.23. The molecule has 1 N–H and O–H groups in total. The number of carbonyl (C=O) groups is 1. The maximum atomic E-state index is 13.6. The molecule has 1 saturated heterocycles. The predicted molar refractivity (Wildman–Crippen MR) is 114 cm³/mol. The highest BCUT2D eigenvalue weighted by molar-refractivity contribution is 7.15. The standard InChI is InChI=1S/C21H21FN6OS/c1-26-9-7-23-18(26)19(29)27-8-3-4-14(13-27)17-20-28(10-11-30-20)21(25-17)24-16-6-2-5-15(22)12-16/h2,5-7,9-12,14H,3-4,8,13H2,1H3,(H,24,25). The van der Waals surface area contributed by atoms with Crippen LogP contribution in [0.15, 0.2) is 48.2 Å². The summed E-state index contributed by atoms with van der Waals surface area (Å²) in [6.07, 6.45) is 7.26. The van der Waals surface area contributed by atoms with E-state index in [1.807, 2.05) is 34.0 Å². The lowest BCUT2D eigenvalue weighted by Gasteiger charge is -2.31. The summed E-state index contributed by atoms with van der Waals surface area (Å²) in [5.41, 5.74) is 1.62. The van der Waals surface area contributed by atoms with Crippen molar-refractivity contribution in [1.82, 2.24) is 23.8 Å². The van der Waals surface area contributed by atoms with Crippen molar-refractivity contribution in [2.24, 2.45) is 7.05 Å². The van der Waals surface area contributed by atoms with Gasteiger partial charge in [-0.25, -0.2) is 14.4 Å². The minimum absolute atomic E-state index is 0.0491. The van der Waals surface area contributed by atoms with Crippen molar-refractivity contribution in [1.29, 1.82) is 0 Å². The van der Waals surface area contributed by atoms with E-state index in [0.29, 0.717) is 24.0 Å². The number of nitrogens with zero attached hydrogens (tertiary/aromatic N) is 5. The molecule has 0 radical (unpaired) electrons. The number of aromatic nitrogens is 4. The number of piperidine rings is 1. The largest absolute Gasteiger partial charge is 0.335 e. The van der Waals surface area contributed by atoms with Crippen molar-refractivity contribution >= 4 is 33.7 Å². The van der Waals surface area contributed by atoms with Crippen LogP contribution < -0.4 is 5.32 Å². The third-order valence-electron chi connectivity index (χ3n) is 5.47. The molecule has 5 rings (SSSR count). The van der Waals surface area contributed by atoms with Crippen LogP contribution in [0.25, 0.3) is 4.83 Å². The fourth-order valence-electron chi connectivity index (χ4n) is 3.99. The zero-order valence-electron chi connectivity index (χ0n) is 16.5. The molecule has 0 saturated carbocycles. The molecule has 7 nitrogen and oxygen atoms in total. The highest BCUT2D eigenvalue weighted by Gasteiger charge is 2.30. The lowest BCUT2D eigenvalue weighted by molar-refractivity contribution is 0.0690. The first-order chi connectivity index (χ1) is 14.6. The minimum Gasteiger partial charge on any atom is -0.335 e. The van der Waals surface area contributed by atoms with Crippen molar-refractivity contribution in [3.05, 3.63) is 65.6 Å². The van der Waals surface area contributed by atoms with Gasteiger partial charge in [0.15, 0.2) is 5.82 Å². The number of imidazole rings is 2. The van der Waals surface area contributed by atoms with E-state index in [-0.39, 0.29) is 17.6 Å². The van der Waals surface area contributed by atoms with Crippen LogP contribution in [0.4, 0.5) is 16.0 Å². The average Bonchev–Trinajstić information content (AvgIpc) is 3.46. The molecule has 1 fully saturated rings. The van der Waals surface area contributed by atoms with Crippen LogP contribution in [0.3, 0.4) is 0 Å². The number of thiazole rings is 1. The van der Waals surface area contributed by atoms with E-state index in [4.69, 9.17) is 4.98 Å². The second-order valence-electron chi connectivity index (χ2n) is 7.49. The summed E-state index contributed by atoms with van der Waals surface area (Å²) in [5.74, 6) is 0.898. The third-order valence-corrected chi connectivity index (χ3v) is 6.36.